The highest BCUT2D eigenvalue weighted by molar-refractivity contribution is 6.33. The van der Waals surface area contributed by atoms with Gasteiger partial charge in [0.25, 0.3) is 0 Å². The second-order valence-electron chi connectivity index (χ2n) is 14.3. The van der Waals surface area contributed by atoms with Crippen LogP contribution in [0.4, 0.5) is 11.4 Å². The fourth-order valence-corrected chi connectivity index (χ4v) is 9.93. The number of aromatic hydroxyl groups is 1. The Kier molecular flexibility index (Phi) is 7.47. The Hall–Kier alpha value is -5.24. The highest BCUT2D eigenvalue weighted by Crippen LogP contribution is 2.65. The first kappa shape index (κ1) is 32.7. The lowest BCUT2D eigenvalue weighted by Gasteiger charge is -2.50. The Labute approximate surface area is 310 Å². The van der Waals surface area contributed by atoms with Crippen molar-refractivity contribution in [2.45, 2.75) is 31.1 Å². The zero-order valence-corrected chi connectivity index (χ0v) is 29.5. The molecule has 0 radical (unpaired) electrons. The molecule has 1 N–H and O–H groups in total. The number of carbonyl (C=O) groups excluding carboxylic acids is 4. The Morgan fingerprint density at radius 1 is 0.731 bits per heavy atom. The molecular formula is C43H32Cl2N2O5. The molecule has 1 saturated carbocycles. The van der Waals surface area contributed by atoms with Crippen LogP contribution in [0.2, 0.25) is 10.0 Å². The lowest BCUT2D eigenvalue weighted by Crippen LogP contribution is -2.53. The summed E-state index contributed by atoms with van der Waals surface area (Å²) in [5, 5.41) is 14.4. The molecule has 6 atom stereocenters. The number of amides is 4. The van der Waals surface area contributed by atoms with Crippen LogP contribution in [0.1, 0.15) is 35.4 Å². The van der Waals surface area contributed by atoms with Gasteiger partial charge < -0.3 is 5.11 Å². The number of imide groups is 2. The fourth-order valence-electron chi connectivity index (χ4n) is 9.57. The standard InChI is InChI=1S/C43H32Cl2N2O5/c1-23-14-16-28(21-35(23)45)46-39(49)31-19-18-30-33(36(31)41(46)51)22-34-40(50)47(27-12-7-11-26(44)20-27)42(52)43(34,25-9-3-2-4-10-25)37(30)32-17-15-24-8-5-6-13-29(24)38(32)48/h2-18,20-21,31,33-34,36-37,48H,19,22H2,1H3/t31-,33+,34-,36-,37+,43+/m0/s1. The molecule has 5 aromatic carbocycles. The largest absolute Gasteiger partial charge is 0.507 e. The summed E-state index contributed by atoms with van der Waals surface area (Å²) in [4.78, 5) is 61.6. The first-order valence-corrected chi connectivity index (χ1v) is 18.1. The molecule has 3 fully saturated rings. The second-order valence-corrected chi connectivity index (χ2v) is 15.1. The lowest BCUT2D eigenvalue weighted by molar-refractivity contribution is -0.127. The van der Waals surface area contributed by atoms with Crippen molar-refractivity contribution in [2.75, 3.05) is 9.80 Å². The van der Waals surface area contributed by atoms with Crippen LogP contribution in [0, 0.1) is 30.6 Å². The quantitative estimate of drug-likeness (QED) is 0.148. The van der Waals surface area contributed by atoms with Crippen molar-refractivity contribution in [2.24, 2.45) is 23.7 Å². The van der Waals surface area contributed by atoms with Crippen molar-refractivity contribution in [3.63, 3.8) is 0 Å². The van der Waals surface area contributed by atoms with Gasteiger partial charge in [-0.3, -0.25) is 19.2 Å². The first-order valence-electron chi connectivity index (χ1n) is 17.4. The van der Waals surface area contributed by atoms with E-state index < -0.39 is 46.8 Å². The molecule has 2 saturated heterocycles. The summed E-state index contributed by atoms with van der Waals surface area (Å²) in [7, 11) is 0. The number of fused-ring (bicyclic) bond motifs is 5. The summed E-state index contributed by atoms with van der Waals surface area (Å²) in [5.74, 6) is -5.32. The minimum Gasteiger partial charge on any atom is -0.507 e. The van der Waals surface area contributed by atoms with E-state index in [1.807, 2.05) is 79.7 Å². The van der Waals surface area contributed by atoms with E-state index in [1.165, 1.54) is 9.80 Å². The number of hydrogen-bond donors (Lipinski definition) is 1. The lowest BCUT2D eigenvalue weighted by atomic mass is 9.49. The number of nitrogens with zero attached hydrogens (tertiary/aromatic N) is 2. The Morgan fingerprint density at radius 3 is 2.25 bits per heavy atom. The van der Waals surface area contributed by atoms with Crippen molar-refractivity contribution in [1.82, 2.24) is 0 Å². The zero-order chi connectivity index (χ0) is 36.1. The molecule has 4 amide bonds. The van der Waals surface area contributed by atoms with Crippen molar-refractivity contribution in [3.05, 3.63) is 148 Å². The number of benzene rings is 5. The smallest absolute Gasteiger partial charge is 0.246 e. The summed E-state index contributed by atoms with van der Waals surface area (Å²) in [6, 6.07) is 32.3. The normalized spacial score (nSPS) is 26.8. The SMILES string of the molecule is Cc1ccc(N2C(=O)[C@H]3[C@H](CC=C4[C@H]3C[C@H]3C(=O)N(c5cccc(Cl)c5)C(=O)[C@@]3(c3ccccc3)[C@H]4c3ccc4ccccc4c3O)C2=O)cc1Cl. The number of anilines is 2. The zero-order valence-electron chi connectivity index (χ0n) is 28.0. The van der Waals surface area contributed by atoms with Gasteiger partial charge in [0, 0.05) is 26.9 Å². The Morgan fingerprint density at radius 2 is 1.48 bits per heavy atom. The molecular weight excluding hydrogens is 695 g/mol. The van der Waals surface area contributed by atoms with E-state index in [9.17, 15) is 19.5 Å². The molecule has 2 aliphatic heterocycles. The van der Waals surface area contributed by atoms with Gasteiger partial charge in [0.1, 0.15) is 5.75 Å². The van der Waals surface area contributed by atoms with Gasteiger partial charge in [-0.2, -0.15) is 0 Å². The molecule has 5 aromatic rings. The third-order valence-corrected chi connectivity index (χ3v) is 12.5. The Balaban J connectivity index is 1.29. The Bertz CT molecular complexity index is 2410. The van der Waals surface area contributed by atoms with Gasteiger partial charge in [0.05, 0.1) is 34.5 Å². The van der Waals surface area contributed by atoms with Gasteiger partial charge in [-0.05, 0) is 72.5 Å². The molecule has 258 valence electrons. The molecule has 4 aliphatic rings. The summed E-state index contributed by atoms with van der Waals surface area (Å²) in [5.41, 5.74) is 1.96. The average Bonchev–Trinajstić information content (AvgIpc) is 3.54. The van der Waals surface area contributed by atoms with Gasteiger partial charge >= 0.3 is 0 Å². The van der Waals surface area contributed by atoms with Gasteiger partial charge in [-0.1, -0.05) is 114 Å². The van der Waals surface area contributed by atoms with Crippen LogP contribution >= 0.6 is 23.2 Å². The average molecular weight is 728 g/mol. The monoisotopic (exact) mass is 726 g/mol. The van der Waals surface area contributed by atoms with Crippen LogP contribution in [0.15, 0.2) is 121 Å². The number of allylic oxidation sites excluding steroid dienone is 2. The molecule has 52 heavy (non-hydrogen) atoms. The minimum absolute atomic E-state index is 0.00651. The number of hydrogen-bond acceptors (Lipinski definition) is 5. The van der Waals surface area contributed by atoms with Crippen LogP contribution in [-0.2, 0) is 24.6 Å². The van der Waals surface area contributed by atoms with Gasteiger partial charge in [-0.25, -0.2) is 9.80 Å². The van der Waals surface area contributed by atoms with Crippen LogP contribution in [0.25, 0.3) is 10.8 Å². The fraction of sp³-hybridized carbons (Fsp3) is 0.209. The first-order chi connectivity index (χ1) is 25.1. The van der Waals surface area contributed by atoms with Crippen molar-refractivity contribution < 1.29 is 24.3 Å². The third kappa shape index (κ3) is 4.45. The summed E-state index contributed by atoms with van der Waals surface area (Å²) >= 11 is 12.9. The molecule has 7 nitrogen and oxygen atoms in total. The molecule has 2 aliphatic carbocycles. The number of aryl methyl sites for hydroxylation is 1. The summed E-state index contributed by atoms with van der Waals surface area (Å²) in [6.45, 7) is 1.85. The van der Waals surface area contributed by atoms with E-state index in [0.29, 0.717) is 37.9 Å². The van der Waals surface area contributed by atoms with Crippen molar-refractivity contribution in [3.8, 4) is 5.75 Å². The minimum atomic E-state index is -1.49. The predicted molar refractivity (Wildman–Crippen MR) is 200 cm³/mol. The van der Waals surface area contributed by atoms with E-state index in [4.69, 9.17) is 23.2 Å². The van der Waals surface area contributed by atoms with E-state index in [1.54, 1.807) is 42.5 Å². The van der Waals surface area contributed by atoms with E-state index in [0.717, 1.165) is 16.5 Å². The number of rotatable bonds is 4. The molecule has 0 bridgehead atoms. The van der Waals surface area contributed by atoms with Crippen molar-refractivity contribution >= 4 is 69.0 Å². The maximum Gasteiger partial charge on any atom is 0.246 e. The summed E-state index contributed by atoms with van der Waals surface area (Å²) < 4.78 is 0. The van der Waals surface area contributed by atoms with Gasteiger partial charge in [-0.15, -0.1) is 0 Å². The second kappa shape index (κ2) is 11.9. The number of halogens is 2. The van der Waals surface area contributed by atoms with Gasteiger partial charge in [0.15, 0.2) is 0 Å². The predicted octanol–water partition coefficient (Wildman–Crippen LogP) is 8.53. The number of carbonyl (C=O) groups is 4. The van der Waals surface area contributed by atoms with Crippen LogP contribution in [0.3, 0.4) is 0 Å². The van der Waals surface area contributed by atoms with Crippen molar-refractivity contribution in [1.29, 1.82) is 0 Å². The molecule has 2 heterocycles. The highest BCUT2D eigenvalue weighted by Gasteiger charge is 2.70. The topological polar surface area (TPSA) is 95.0 Å². The van der Waals surface area contributed by atoms with Crippen LogP contribution in [0.5, 0.6) is 5.75 Å². The molecule has 0 unspecified atom stereocenters. The van der Waals surface area contributed by atoms with E-state index >= 15 is 4.79 Å². The number of phenolic OH excluding ortho intramolecular Hbond substituents is 1. The van der Waals surface area contributed by atoms with Gasteiger partial charge in [0.2, 0.25) is 23.6 Å². The molecule has 9 heteroatoms. The molecule has 0 aromatic heterocycles. The third-order valence-electron chi connectivity index (χ3n) is 11.8. The van der Waals surface area contributed by atoms with E-state index in [-0.39, 0.29) is 30.4 Å². The molecule has 9 rings (SSSR count). The maximum absolute atomic E-state index is 15.5. The number of phenols is 1. The van der Waals surface area contributed by atoms with E-state index in [2.05, 4.69) is 0 Å². The van der Waals surface area contributed by atoms with Crippen LogP contribution in [-0.4, -0.2) is 28.7 Å². The highest BCUT2D eigenvalue weighted by atomic mass is 35.5. The molecule has 0 spiro atoms. The maximum atomic E-state index is 15.5. The summed E-state index contributed by atoms with van der Waals surface area (Å²) in [6.07, 6.45) is 2.40. The van der Waals surface area contributed by atoms with Crippen LogP contribution < -0.4 is 9.80 Å².